The number of likely N-dealkylation sites (N-methyl/N-ethyl adjacent to an activating group) is 1. The fraction of sp³-hybridized carbons (Fsp3) is 0.588. The fourth-order valence-corrected chi connectivity index (χ4v) is 4.22. The van der Waals surface area contributed by atoms with Gasteiger partial charge in [0.25, 0.3) is 0 Å². The van der Waals surface area contributed by atoms with Crippen molar-refractivity contribution in [2.75, 3.05) is 26.8 Å². The van der Waals surface area contributed by atoms with Gasteiger partial charge in [0.05, 0.1) is 6.04 Å². The summed E-state index contributed by atoms with van der Waals surface area (Å²) in [6.45, 7) is 0.966. The summed E-state index contributed by atoms with van der Waals surface area (Å²) in [5.41, 5.74) is 6.51. The molecule has 0 aromatic heterocycles. The Balaban J connectivity index is 1.47. The molecule has 4 rings (SSSR count). The van der Waals surface area contributed by atoms with Crippen LogP contribution < -0.4 is 5.73 Å². The second-order valence-corrected chi connectivity index (χ2v) is 7.47. The lowest BCUT2D eigenvalue weighted by Gasteiger charge is -2.43. The van der Waals surface area contributed by atoms with Crippen molar-refractivity contribution in [2.24, 2.45) is 15.8 Å². The van der Waals surface area contributed by atoms with E-state index in [1.165, 1.54) is 4.70 Å². The number of nitrogens with zero attached hydrogens (tertiary/aromatic N) is 5. The summed E-state index contributed by atoms with van der Waals surface area (Å²) >= 11 is 0. The summed E-state index contributed by atoms with van der Waals surface area (Å²) in [5.74, 6) is -0.754. The molecule has 28 heavy (non-hydrogen) atoms. The molecule has 11 heteroatoms. The molecule has 0 amide bonds. The summed E-state index contributed by atoms with van der Waals surface area (Å²) in [6.07, 6.45) is -6.02. The van der Waals surface area contributed by atoms with Gasteiger partial charge in [-0.3, -0.25) is 4.90 Å². The molecule has 2 N–H and O–H groups in total. The van der Waals surface area contributed by atoms with Gasteiger partial charge in [-0.25, -0.2) is 13.7 Å². The molecule has 2 fully saturated rings. The maximum absolute atomic E-state index is 14.2. The van der Waals surface area contributed by atoms with E-state index in [9.17, 15) is 22.0 Å². The standard InChI is InChI=1S/C17H20F5N6/c1-26-6-10(5-13(23)15(26)11-4-9(18)2-3-12(11)19)27-7-14-24-16(17(20,21)22)25-28(14)8-27/h2-4,10,13,15-16H,5-8,23H2,1H3/q+1/t10-,13+,15-,16?/m1/s1. The minimum Gasteiger partial charge on any atom is -0.326 e. The van der Waals surface area contributed by atoms with Crippen molar-refractivity contribution in [1.82, 2.24) is 9.80 Å². The van der Waals surface area contributed by atoms with Crippen molar-refractivity contribution >= 4 is 5.84 Å². The summed E-state index contributed by atoms with van der Waals surface area (Å²) in [4.78, 5) is 7.48. The van der Waals surface area contributed by atoms with Crippen LogP contribution >= 0.6 is 0 Å². The van der Waals surface area contributed by atoms with Crippen molar-refractivity contribution in [3.63, 3.8) is 0 Å². The topological polar surface area (TPSA) is 60.2 Å². The van der Waals surface area contributed by atoms with Gasteiger partial charge in [-0.05, 0) is 36.7 Å². The molecule has 0 saturated carbocycles. The molecule has 0 bridgehead atoms. The maximum atomic E-state index is 14.2. The van der Waals surface area contributed by atoms with E-state index in [-0.39, 0.29) is 30.7 Å². The number of alkyl halides is 3. The molecule has 2 saturated heterocycles. The third kappa shape index (κ3) is 3.42. The first-order valence-corrected chi connectivity index (χ1v) is 8.90. The van der Waals surface area contributed by atoms with Crippen LogP contribution in [0.25, 0.3) is 0 Å². The molecule has 1 aromatic carbocycles. The van der Waals surface area contributed by atoms with Gasteiger partial charge in [0.2, 0.25) is 0 Å². The SMILES string of the molecule is CN1C[C@H](N2CC3=NC(C(F)(F)F)N=[N+]3C2)C[C@H](N)[C@H]1c1cc(F)ccc1F. The molecule has 1 aromatic rings. The van der Waals surface area contributed by atoms with Gasteiger partial charge in [0.15, 0.2) is 6.67 Å². The number of hydrogen-bond donors (Lipinski definition) is 1. The minimum atomic E-state index is -4.49. The number of aliphatic imine (C=N–C) groups is 1. The van der Waals surface area contributed by atoms with Crippen LogP contribution in [0, 0.1) is 11.6 Å². The number of likely N-dealkylation sites (tertiary alicyclic amines) is 1. The van der Waals surface area contributed by atoms with Crippen LogP contribution in [-0.2, 0) is 0 Å². The summed E-state index contributed by atoms with van der Waals surface area (Å²) in [6, 6.07) is 2.31. The van der Waals surface area contributed by atoms with Gasteiger partial charge in [-0.1, -0.05) is 5.11 Å². The molecule has 1 unspecified atom stereocenters. The lowest BCUT2D eigenvalue weighted by atomic mass is 9.88. The first-order chi connectivity index (χ1) is 13.1. The Morgan fingerprint density at radius 1 is 1.25 bits per heavy atom. The number of nitrogens with two attached hydrogens (primary N) is 1. The highest BCUT2D eigenvalue weighted by Gasteiger charge is 2.53. The Morgan fingerprint density at radius 3 is 2.64 bits per heavy atom. The molecule has 0 spiro atoms. The highest BCUT2D eigenvalue weighted by atomic mass is 19.4. The van der Waals surface area contributed by atoms with Gasteiger partial charge in [-0.2, -0.15) is 13.2 Å². The van der Waals surface area contributed by atoms with Crippen LogP contribution in [-0.4, -0.2) is 71.6 Å². The number of fused-ring (bicyclic) bond motifs is 1. The van der Waals surface area contributed by atoms with E-state index in [2.05, 4.69) is 10.1 Å². The molecule has 6 nitrogen and oxygen atoms in total. The largest absolute Gasteiger partial charge is 0.459 e. The van der Waals surface area contributed by atoms with Crippen LogP contribution in [0.15, 0.2) is 28.3 Å². The maximum Gasteiger partial charge on any atom is 0.459 e. The Kier molecular flexibility index (Phi) is 4.71. The number of azo groups is 2. The van der Waals surface area contributed by atoms with E-state index in [0.29, 0.717) is 13.0 Å². The second-order valence-electron chi connectivity index (χ2n) is 7.47. The zero-order valence-corrected chi connectivity index (χ0v) is 15.1. The molecule has 4 atom stereocenters. The van der Waals surface area contributed by atoms with E-state index in [0.717, 1.165) is 18.2 Å². The van der Waals surface area contributed by atoms with Gasteiger partial charge in [-0.15, -0.1) is 4.70 Å². The van der Waals surface area contributed by atoms with Crippen molar-refractivity contribution in [2.45, 2.75) is 36.9 Å². The lowest BCUT2D eigenvalue weighted by molar-refractivity contribution is -0.488. The normalized spacial score (nSPS) is 31.7. The molecule has 152 valence electrons. The predicted molar refractivity (Wildman–Crippen MR) is 89.6 cm³/mol. The number of hydrogen-bond acceptors (Lipinski definition) is 5. The van der Waals surface area contributed by atoms with Crippen molar-refractivity contribution in [1.29, 1.82) is 0 Å². The number of benzene rings is 1. The minimum absolute atomic E-state index is 0.0549. The zero-order valence-electron chi connectivity index (χ0n) is 15.1. The van der Waals surface area contributed by atoms with Crippen molar-refractivity contribution in [3.8, 4) is 0 Å². The average molecular weight is 403 g/mol. The van der Waals surface area contributed by atoms with E-state index < -0.39 is 36.1 Å². The van der Waals surface area contributed by atoms with Gasteiger partial charge >= 0.3 is 18.2 Å². The highest BCUT2D eigenvalue weighted by molar-refractivity contribution is 5.78. The number of piperidine rings is 1. The second kappa shape index (κ2) is 6.82. The quantitative estimate of drug-likeness (QED) is 0.608. The predicted octanol–water partition coefficient (Wildman–Crippen LogP) is 2.08. The van der Waals surface area contributed by atoms with Crippen LogP contribution in [0.4, 0.5) is 22.0 Å². The smallest absolute Gasteiger partial charge is 0.326 e. The van der Waals surface area contributed by atoms with Crippen LogP contribution in [0.5, 0.6) is 0 Å². The molecule has 3 aliphatic heterocycles. The molecule has 3 aliphatic rings. The third-order valence-corrected chi connectivity index (χ3v) is 5.49. The average Bonchev–Trinajstić information content (AvgIpc) is 3.16. The van der Waals surface area contributed by atoms with E-state index >= 15 is 0 Å². The van der Waals surface area contributed by atoms with Crippen LogP contribution in [0.2, 0.25) is 0 Å². The summed E-state index contributed by atoms with van der Waals surface area (Å²) < 4.78 is 67.4. The van der Waals surface area contributed by atoms with Crippen molar-refractivity contribution in [3.05, 3.63) is 35.4 Å². The van der Waals surface area contributed by atoms with Crippen LogP contribution in [0.1, 0.15) is 18.0 Å². The van der Waals surface area contributed by atoms with Gasteiger partial charge < -0.3 is 5.73 Å². The highest BCUT2D eigenvalue weighted by Crippen LogP contribution is 2.34. The molecule has 0 radical (unpaired) electrons. The van der Waals surface area contributed by atoms with Crippen LogP contribution in [0.3, 0.4) is 0 Å². The molecule has 0 aliphatic carbocycles. The van der Waals surface area contributed by atoms with Gasteiger partial charge in [0, 0.05) is 24.2 Å². The monoisotopic (exact) mass is 403 g/mol. The Hall–Kier alpha value is -1.98. The number of halogens is 5. The Labute approximate surface area is 158 Å². The zero-order chi connectivity index (χ0) is 20.2. The third-order valence-electron chi connectivity index (χ3n) is 5.49. The first kappa shape index (κ1) is 19.3. The Morgan fingerprint density at radius 2 is 2.00 bits per heavy atom. The van der Waals surface area contributed by atoms with Crippen molar-refractivity contribution < 1.29 is 26.6 Å². The summed E-state index contributed by atoms with van der Waals surface area (Å²) in [5, 5.41) is 3.62. The molecule has 3 heterocycles. The lowest BCUT2D eigenvalue weighted by Crippen LogP contribution is -2.55. The molecular weight excluding hydrogens is 383 g/mol. The van der Waals surface area contributed by atoms with E-state index in [1.54, 1.807) is 7.05 Å². The summed E-state index contributed by atoms with van der Waals surface area (Å²) in [7, 11) is 1.78. The van der Waals surface area contributed by atoms with E-state index in [4.69, 9.17) is 5.73 Å². The van der Waals surface area contributed by atoms with E-state index in [1.807, 2.05) is 9.80 Å². The number of rotatable bonds is 2. The van der Waals surface area contributed by atoms with Gasteiger partial charge in [0.1, 0.15) is 18.2 Å². The molecular formula is C17H20F5N6+. The number of amidine groups is 1. The first-order valence-electron chi connectivity index (χ1n) is 8.90. The fourth-order valence-electron chi connectivity index (χ4n) is 4.22. The Bertz CT molecular complexity index is 804.